The molecule has 0 spiro atoms. The van der Waals surface area contributed by atoms with Crippen molar-refractivity contribution in [3.8, 4) is 27.7 Å². The Balaban J connectivity index is 1.72. The number of amides is 1. The Bertz CT molecular complexity index is 1190. The third-order valence-corrected chi connectivity index (χ3v) is 6.49. The van der Waals surface area contributed by atoms with Crippen molar-refractivity contribution in [3.05, 3.63) is 71.1 Å². The van der Waals surface area contributed by atoms with Gasteiger partial charge in [-0.15, -0.1) is 11.3 Å². The molecule has 32 heavy (non-hydrogen) atoms. The van der Waals surface area contributed by atoms with E-state index in [0.717, 1.165) is 45.6 Å². The molecule has 4 rings (SSSR count). The highest BCUT2D eigenvalue weighted by atomic mass is 32.1. The second-order valence-corrected chi connectivity index (χ2v) is 8.60. The summed E-state index contributed by atoms with van der Waals surface area (Å²) < 4.78 is 12.9. The molecule has 0 aliphatic rings. The summed E-state index contributed by atoms with van der Waals surface area (Å²) in [6.07, 6.45) is 2.54. The number of methoxy groups -OCH3 is 1. The highest BCUT2D eigenvalue weighted by molar-refractivity contribution is 7.13. The quantitative estimate of drug-likeness (QED) is 0.371. The van der Waals surface area contributed by atoms with Gasteiger partial charge in [0.25, 0.3) is 5.91 Å². The van der Waals surface area contributed by atoms with Gasteiger partial charge >= 0.3 is 0 Å². The molecule has 0 aliphatic carbocycles. The minimum absolute atomic E-state index is 0.0677. The SMILES string of the molecule is CCC(C)NC(=O)c1cc(-c2csc(-c3ccc(OC)cc3)n2)n(Cc2ccco2)c1C. The van der Waals surface area contributed by atoms with Crippen LogP contribution in [-0.4, -0.2) is 28.6 Å². The molecule has 0 fully saturated rings. The zero-order chi connectivity index (χ0) is 22.7. The molecule has 0 radical (unpaired) electrons. The van der Waals surface area contributed by atoms with Gasteiger partial charge in [-0.1, -0.05) is 6.92 Å². The van der Waals surface area contributed by atoms with Crippen molar-refractivity contribution < 1.29 is 13.9 Å². The number of aromatic nitrogens is 2. The van der Waals surface area contributed by atoms with E-state index >= 15 is 0 Å². The molecular weight excluding hydrogens is 422 g/mol. The lowest BCUT2D eigenvalue weighted by Crippen LogP contribution is -2.32. The lowest BCUT2D eigenvalue weighted by molar-refractivity contribution is 0.0938. The van der Waals surface area contributed by atoms with Crippen LogP contribution in [0.2, 0.25) is 0 Å². The Labute approximate surface area is 191 Å². The first-order chi connectivity index (χ1) is 15.5. The number of thiazole rings is 1. The van der Waals surface area contributed by atoms with Crippen molar-refractivity contribution in [3.63, 3.8) is 0 Å². The van der Waals surface area contributed by atoms with Gasteiger partial charge in [-0.25, -0.2) is 4.98 Å². The van der Waals surface area contributed by atoms with E-state index in [4.69, 9.17) is 14.1 Å². The summed E-state index contributed by atoms with van der Waals surface area (Å²) in [5.74, 6) is 1.57. The fraction of sp³-hybridized carbons (Fsp3) is 0.280. The van der Waals surface area contributed by atoms with Crippen LogP contribution >= 0.6 is 11.3 Å². The monoisotopic (exact) mass is 449 g/mol. The van der Waals surface area contributed by atoms with Crippen LogP contribution in [-0.2, 0) is 6.54 Å². The first kappa shape index (κ1) is 21.9. The molecule has 1 aromatic carbocycles. The van der Waals surface area contributed by atoms with Crippen molar-refractivity contribution in [1.82, 2.24) is 14.9 Å². The number of rotatable bonds is 8. The predicted molar refractivity (Wildman–Crippen MR) is 127 cm³/mol. The number of furan rings is 1. The van der Waals surface area contributed by atoms with Gasteiger partial charge in [0.2, 0.25) is 0 Å². The molecule has 1 amide bonds. The number of hydrogen-bond acceptors (Lipinski definition) is 5. The van der Waals surface area contributed by atoms with Gasteiger partial charge in [-0.05, 0) is 62.7 Å². The van der Waals surface area contributed by atoms with Gasteiger partial charge < -0.3 is 19.0 Å². The number of carbonyl (C=O) groups is 1. The predicted octanol–water partition coefficient (Wildman–Crippen LogP) is 5.77. The van der Waals surface area contributed by atoms with Crippen LogP contribution in [0.4, 0.5) is 0 Å². The summed E-state index contributed by atoms with van der Waals surface area (Å²) in [6, 6.07) is 13.7. The molecule has 0 saturated carbocycles. The van der Waals surface area contributed by atoms with Crippen LogP contribution in [0, 0.1) is 6.92 Å². The van der Waals surface area contributed by atoms with Crippen molar-refractivity contribution in [2.75, 3.05) is 7.11 Å². The van der Waals surface area contributed by atoms with Gasteiger partial charge in [0.05, 0.1) is 36.9 Å². The van der Waals surface area contributed by atoms with E-state index in [1.54, 1.807) is 24.7 Å². The maximum Gasteiger partial charge on any atom is 0.253 e. The molecule has 166 valence electrons. The van der Waals surface area contributed by atoms with E-state index in [9.17, 15) is 4.79 Å². The van der Waals surface area contributed by atoms with E-state index in [-0.39, 0.29) is 11.9 Å². The molecule has 4 aromatic rings. The number of hydrogen-bond donors (Lipinski definition) is 1. The maximum atomic E-state index is 12.9. The van der Waals surface area contributed by atoms with Gasteiger partial charge in [-0.3, -0.25) is 4.79 Å². The van der Waals surface area contributed by atoms with E-state index < -0.39 is 0 Å². The lowest BCUT2D eigenvalue weighted by Gasteiger charge is -2.12. The topological polar surface area (TPSA) is 69.3 Å². The normalized spacial score (nSPS) is 12.0. The summed E-state index contributed by atoms with van der Waals surface area (Å²) in [5.41, 5.74) is 4.29. The molecule has 7 heteroatoms. The molecule has 1 N–H and O–H groups in total. The zero-order valence-corrected chi connectivity index (χ0v) is 19.5. The van der Waals surface area contributed by atoms with Gasteiger partial charge in [-0.2, -0.15) is 0 Å². The Morgan fingerprint density at radius 1 is 1.28 bits per heavy atom. The van der Waals surface area contributed by atoms with Crippen LogP contribution in [0.3, 0.4) is 0 Å². The molecule has 3 aromatic heterocycles. The molecule has 0 saturated heterocycles. The number of ether oxygens (including phenoxy) is 1. The second kappa shape index (κ2) is 9.44. The third-order valence-electron chi connectivity index (χ3n) is 5.60. The van der Waals surface area contributed by atoms with Gasteiger partial charge in [0.15, 0.2) is 0 Å². The van der Waals surface area contributed by atoms with E-state index in [0.29, 0.717) is 12.1 Å². The van der Waals surface area contributed by atoms with E-state index in [1.165, 1.54) is 0 Å². The van der Waals surface area contributed by atoms with Gasteiger partial charge in [0.1, 0.15) is 16.5 Å². The highest BCUT2D eigenvalue weighted by Crippen LogP contribution is 2.32. The number of benzene rings is 1. The number of carbonyl (C=O) groups excluding carboxylic acids is 1. The summed E-state index contributed by atoms with van der Waals surface area (Å²) >= 11 is 1.58. The Kier molecular flexibility index (Phi) is 6.46. The zero-order valence-electron chi connectivity index (χ0n) is 18.7. The van der Waals surface area contributed by atoms with Gasteiger partial charge in [0, 0.05) is 22.7 Å². The van der Waals surface area contributed by atoms with E-state index in [2.05, 4.69) is 16.8 Å². The third kappa shape index (κ3) is 4.48. The lowest BCUT2D eigenvalue weighted by atomic mass is 10.2. The van der Waals surface area contributed by atoms with Crippen molar-refractivity contribution in [2.24, 2.45) is 0 Å². The minimum atomic E-state index is -0.0677. The number of nitrogens with one attached hydrogen (secondary N) is 1. The molecular formula is C25H27N3O3S. The van der Waals surface area contributed by atoms with Crippen LogP contribution in [0.25, 0.3) is 22.0 Å². The summed E-state index contributed by atoms with van der Waals surface area (Å²) in [7, 11) is 1.65. The fourth-order valence-electron chi connectivity index (χ4n) is 3.51. The Morgan fingerprint density at radius 2 is 2.06 bits per heavy atom. The van der Waals surface area contributed by atoms with Crippen LogP contribution in [0.5, 0.6) is 5.75 Å². The molecule has 0 aliphatic heterocycles. The number of nitrogens with zero attached hydrogens (tertiary/aromatic N) is 2. The molecule has 1 atom stereocenters. The average Bonchev–Trinajstić information content (AvgIpc) is 3.55. The second-order valence-electron chi connectivity index (χ2n) is 7.74. The largest absolute Gasteiger partial charge is 0.497 e. The highest BCUT2D eigenvalue weighted by Gasteiger charge is 2.21. The maximum absolute atomic E-state index is 12.9. The fourth-order valence-corrected chi connectivity index (χ4v) is 4.33. The van der Waals surface area contributed by atoms with Crippen molar-refractivity contribution in [2.45, 2.75) is 39.8 Å². The first-order valence-electron chi connectivity index (χ1n) is 10.6. The Morgan fingerprint density at radius 3 is 2.72 bits per heavy atom. The van der Waals surface area contributed by atoms with Crippen LogP contribution in [0.1, 0.15) is 42.1 Å². The van der Waals surface area contributed by atoms with E-state index in [1.807, 2.05) is 61.7 Å². The summed E-state index contributed by atoms with van der Waals surface area (Å²) in [4.78, 5) is 17.8. The summed E-state index contributed by atoms with van der Waals surface area (Å²) in [6.45, 7) is 6.56. The van der Waals surface area contributed by atoms with Crippen molar-refractivity contribution >= 4 is 17.2 Å². The van der Waals surface area contributed by atoms with Crippen LogP contribution < -0.4 is 10.1 Å². The van der Waals surface area contributed by atoms with Crippen LogP contribution in [0.15, 0.2) is 58.5 Å². The molecule has 1 unspecified atom stereocenters. The molecule has 3 heterocycles. The van der Waals surface area contributed by atoms with Crippen molar-refractivity contribution in [1.29, 1.82) is 0 Å². The molecule has 6 nitrogen and oxygen atoms in total. The standard InChI is InChI=1S/C25H27N3O3S/c1-5-16(2)26-24(29)21-13-23(28(17(21)3)14-20-7-6-12-31-20)22-15-32-25(27-22)18-8-10-19(30-4)11-9-18/h6-13,15-16H,5,14H2,1-4H3,(H,26,29). The summed E-state index contributed by atoms with van der Waals surface area (Å²) in [5, 5.41) is 6.02. The first-order valence-corrected chi connectivity index (χ1v) is 11.5. The smallest absolute Gasteiger partial charge is 0.253 e. The average molecular weight is 450 g/mol. The minimum Gasteiger partial charge on any atom is -0.497 e. The Hall–Kier alpha value is -3.32. The molecule has 0 bridgehead atoms.